The fourth-order valence-corrected chi connectivity index (χ4v) is 10.7. The first-order chi connectivity index (χ1) is 19.2. The Morgan fingerprint density at radius 3 is 1.98 bits per heavy atom. The summed E-state index contributed by atoms with van der Waals surface area (Å²) in [6.45, 7) is 10.3. The molecule has 1 amide bonds. The predicted octanol–water partition coefficient (Wildman–Crippen LogP) is 2.49. The van der Waals surface area contributed by atoms with Gasteiger partial charge in [-0.15, -0.1) is 0 Å². The summed E-state index contributed by atoms with van der Waals surface area (Å²) in [5.41, 5.74) is -4.42. The number of aliphatic hydroxyl groups is 1. The highest BCUT2D eigenvalue weighted by molar-refractivity contribution is 6.99. The first kappa shape index (κ1) is 32.5. The molecule has 224 valence electrons. The van der Waals surface area contributed by atoms with Crippen LogP contribution in [0.15, 0.2) is 60.7 Å². The van der Waals surface area contributed by atoms with Crippen molar-refractivity contribution >= 4 is 36.5 Å². The van der Waals surface area contributed by atoms with Gasteiger partial charge in [-0.1, -0.05) is 95.3 Å². The lowest BCUT2D eigenvalue weighted by atomic mass is 9.70. The first-order valence-corrected chi connectivity index (χ1v) is 15.8. The molecular formula is C31H43NO8Si. The van der Waals surface area contributed by atoms with Gasteiger partial charge in [-0.05, 0) is 27.8 Å². The molecule has 3 N–H and O–H groups in total. The zero-order valence-electron chi connectivity index (χ0n) is 25.0. The van der Waals surface area contributed by atoms with E-state index in [-0.39, 0.29) is 18.9 Å². The monoisotopic (exact) mass is 585 g/mol. The molecule has 41 heavy (non-hydrogen) atoms. The molecule has 0 saturated carbocycles. The second-order valence-electron chi connectivity index (χ2n) is 12.1. The number of methoxy groups -OCH3 is 1. The Kier molecular flexibility index (Phi) is 9.85. The Bertz CT molecular complexity index is 1180. The lowest BCUT2D eigenvalue weighted by Gasteiger charge is -2.48. The summed E-state index contributed by atoms with van der Waals surface area (Å²) in [7, 11) is -1.88. The third-order valence-electron chi connectivity index (χ3n) is 8.32. The van der Waals surface area contributed by atoms with Crippen LogP contribution in [0.2, 0.25) is 5.04 Å². The van der Waals surface area contributed by atoms with Gasteiger partial charge in [0.25, 0.3) is 8.32 Å². The molecule has 5 atom stereocenters. The van der Waals surface area contributed by atoms with E-state index < -0.39 is 61.0 Å². The van der Waals surface area contributed by atoms with Gasteiger partial charge >= 0.3 is 11.9 Å². The van der Waals surface area contributed by atoms with E-state index in [4.69, 9.17) is 13.9 Å². The fraction of sp³-hybridized carbons (Fsp3) is 0.516. The number of rotatable bonds is 12. The van der Waals surface area contributed by atoms with E-state index >= 15 is 0 Å². The third kappa shape index (κ3) is 5.83. The summed E-state index contributed by atoms with van der Waals surface area (Å²) in [5, 5.41) is 27.1. The van der Waals surface area contributed by atoms with Crippen LogP contribution in [0, 0.1) is 11.8 Å². The zero-order valence-corrected chi connectivity index (χ0v) is 26.0. The quantitative estimate of drug-likeness (QED) is 0.256. The fourth-order valence-electron chi connectivity index (χ4n) is 6.11. The minimum absolute atomic E-state index is 0.0552. The molecule has 1 saturated heterocycles. The molecule has 2 aromatic rings. The largest absolute Gasteiger partial charge is 0.479 e. The van der Waals surface area contributed by atoms with Gasteiger partial charge in [0, 0.05) is 14.0 Å². The van der Waals surface area contributed by atoms with Gasteiger partial charge in [-0.3, -0.25) is 9.59 Å². The summed E-state index contributed by atoms with van der Waals surface area (Å²) >= 11 is 0. The summed E-state index contributed by atoms with van der Waals surface area (Å²) < 4.78 is 17.8. The van der Waals surface area contributed by atoms with E-state index in [1.54, 1.807) is 6.92 Å². The second-order valence-corrected chi connectivity index (χ2v) is 16.4. The number of carbonyl (C=O) groups is 3. The van der Waals surface area contributed by atoms with E-state index in [9.17, 15) is 24.6 Å². The molecular weight excluding hydrogens is 542 g/mol. The van der Waals surface area contributed by atoms with E-state index in [0.717, 1.165) is 10.4 Å². The molecule has 1 fully saturated rings. The maximum absolute atomic E-state index is 13.2. The van der Waals surface area contributed by atoms with Gasteiger partial charge in [0.05, 0.1) is 25.2 Å². The van der Waals surface area contributed by atoms with Crippen LogP contribution in [-0.4, -0.2) is 73.9 Å². The summed E-state index contributed by atoms with van der Waals surface area (Å²) in [5.74, 6) is -3.91. The molecule has 0 bridgehead atoms. The second kappa shape index (κ2) is 12.4. The molecule has 3 rings (SSSR count). The van der Waals surface area contributed by atoms with Crippen LogP contribution < -0.4 is 15.7 Å². The molecule has 0 spiro atoms. The van der Waals surface area contributed by atoms with Crippen LogP contribution in [0.5, 0.6) is 0 Å². The minimum atomic E-state index is -3.24. The lowest BCUT2D eigenvalue weighted by molar-refractivity contribution is -0.186. The maximum atomic E-state index is 13.2. The molecule has 1 aliphatic rings. The molecule has 0 unspecified atom stereocenters. The molecule has 0 radical (unpaired) electrons. The van der Waals surface area contributed by atoms with Crippen LogP contribution in [0.4, 0.5) is 0 Å². The number of aliphatic carboxylic acids is 1. The van der Waals surface area contributed by atoms with E-state index in [1.807, 2.05) is 60.7 Å². The summed E-state index contributed by atoms with van der Waals surface area (Å²) in [6, 6.07) is 19.4. The third-order valence-corrected chi connectivity index (χ3v) is 13.3. The lowest BCUT2D eigenvalue weighted by Crippen LogP contribution is -2.74. The standard InChI is InChI=1S/C31H43NO8Si/c1-21(19-39-23(3)33)18-26(38-7)31(37)22(2)27(34)32-30(31,28(35)36)20-40-41(29(4,5)6,24-14-10-8-11-15-24)25-16-12-9-13-17-25/h8-17,21-22,26,37H,18-20H2,1-7H3,(H,32,34)(H,35,36)/t21-,22+,26+,30-,31-/m1/s1. The van der Waals surface area contributed by atoms with Crippen molar-refractivity contribution in [3.8, 4) is 0 Å². The Balaban J connectivity index is 2.16. The summed E-state index contributed by atoms with van der Waals surface area (Å²) in [6.07, 6.45) is -0.964. The highest BCUT2D eigenvalue weighted by Crippen LogP contribution is 2.45. The highest BCUT2D eigenvalue weighted by atomic mass is 28.4. The molecule has 2 aromatic carbocycles. The number of hydrogen-bond donors (Lipinski definition) is 3. The van der Waals surface area contributed by atoms with E-state index in [0.29, 0.717) is 0 Å². The van der Waals surface area contributed by atoms with Gasteiger partial charge in [0.2, 0.25) is 5.91 Å². The van der Waals surface area contributed by atoms with Crippen molar-refractivity contribution in [3.05, 3.63) is 60.7 Å². The molecule has 1 aliphatic heterocycles. The van der Waals surface area contributed by atoms with Crippen LogP contribution in [0.1, 0.15) is 48.0 Å². The Labute approximate surface area is 243 Å². The maximum Gasteiger partial charge on any atom is 0.335 e. The molecule has 0 aromatic heterocycles. The van der Waals surface area contributed by atoms with Crippen molar-refractivity contribution in [3.63, 3.8) is 0 Å². The van der Waals surface area contributed by atoms with Gasteiger partial charge in [-0.2, -0.15) is 0 Å². The smallest absolute Gasteiger partial charge is 0.335 e. The number of amides is 1. The number of benzene rings is 2. The van der Waals surface area contributed by atoms with E-state index in [1.165, 1.54) is 21.0 Å². The van der Waals surface area contributed by atoms with Crippen LogP contribution >= 0.6 is 0 Å². The Morgan fingerprint density at radius 2 is 1.56 bits per heavy atom. The Morgan fingerprint density at radius 1 is 1.05 bits per heavy atom. The van der Waals surface area contributed by atoms with Gasteiger partial charge in [-0.25, -0.2) is 4.79 Å². The molecule has 9 nitrogen and oxygen atoms in total. The average molecular weight is 586 g/mol. The van der Waals surface area contributed by atoms with Crippen molar-refractivity contribution in [2.75, 3.05) is 20.3 Å². The van der Waals surface area contributed by atoms with Crippen LogP contribution in [0.3, 0.4) is 0 Å². The normalized spacial score (nSPS) is 24.4. The number of carboxylic acids is 1. The predicted molar refractivity (Wildman–Crippen MR) is 157 cm³/mol. The van der Waals surface area contributed by atoms with Gasteiger partial charge in [0.15, 0.2) is 5.54 Å². The number of esters is 1. The number of ether oxygens (including phenoxy) is 2. The summed E-state index contributed by atoms with van der Waals surface area (Å²) in [4.78, 5) is 37.8. The zero-order chi connectivity index (χ0) is 30.6. The van der Waals surface area contributed by atoms with Crippen LogP contribution in [0.25, 0.3) is 0 Å². The van der Waals surface area contributed by atoms with Crippen molar-refractivity contribution in [1.29, 1.82) is 0 Å². The number of carboxylic acid groups (broad SMARTS) is 1. The van der Waals surface area contributed by atoms with Crippen molar-refractivity contribution in [2.45, 2.75) is 70.2 Å². The molecule has 1 heterocycles. The number of carbonyl (C=O) groups excluding carboxylic acids is 2. The number of nitrogens with one attached hydrogen (secondary N) is 1. The van der Waals surface area contributed by atoms with Crippen LogP contribution in [-0.2, 0) is 28.3 Å². The van der Waals surface area contributed by atoms with Crippen molar-refractivity contribution in [2.24, 2.45) is 11.8 Å². The average Bonchev–Trinajstić information content (AvgIpc) is 3.13. The SMILES string of the molecule is CO[C@@H](C[C@@H](C)COC(C)=O)[C@]1(O)[C@@H](C)C(=O)N[C@]1(CO[Si](c1ccccc1)(c1ccccc1)C(C)(C)C)C(=O)O. The minimum Gasteiger partial charge on any atom is -0.479 e. The Hall–Kier alpha value is -3.05. The van der Waals surface area contributed by atoms with Gasteiger partial charge < -0.3 is 29.4 Å². The first-order valence-electron chi connectivity index (χ1n) is 13.9. The van der Waals surface area contributed by atoms with Crippen molar-refractivity contribution < 1.29 is 38.5 Å². The van der Waals surface area contributed by atoms with Crippen molar-refractivity contribution in [1.82, 2.24) is 5.32 Å². The molecule has 10 heteroatoms. The van der Waals surface area contributed by atoms with Gasteiger partial charge in [0.1, 0.15) is 5.60 Å². The van der Waals surface area contributed by atoms with E-state index in [2.05, 4.69) is 26.1 Å². The molecule has 0 aliphatic carbocycles. The number of hydrogen-bond acceptors (Lipinski definition) is 7. The topological polar surface area (TPSA) is 131 Å². The highest BCUT2D eigenvalue weighted by Gasteiger charge is 2.71.